The summed E-state index contributed by atoms with van der Waals surface area (Å²) in [6.07, 6.45) is 0.758. The average molecular weight is 617 g/mol. The van der Waals surface area contributed by atoms with Gasteiger partial charge in [0.05, 0.1) is 37.0 Å². The first kappa shape index (κ1) is 34.2. The SMILES string of the molecule is CCOc1cc(C(C)N(CCO[C@@H](C)c2ccccc2)C(=O)NC2(C(=O)OC(C)(C)C)CC2)c(Cl)c(OCC)c1C(C)=O. The summed E-state index contributed by atoms with van der Waals surface area (Å²) in [5, 5.41) is 3.15. The van der Waals surface area contributed by atoms with Crippen molar-refractivity contribution >= 4 is 29.4 Å². The van der Waals surface area contributed by atoms with Crippen molar-refractivity contribution in [2.45, 2.75) is 91.5 Å². The van der Waals surface area contributed by atoms with E-state index >= 15 is 0 Å². The number of rotatable bonds is 14. The molecule has 0 aromatic heterocycles. The minimum atomic E-state index is -1.09. The molecule has 0 bridgehead atoms. The molecule has 0 spiro atoms. The van der Waals surface area contributed by atoms with E-state index in [1.54, 1.807) is 38.7 Å². The van der Waals surface area contributed by atoms with Gasteiger partial charge in [0.1, 0.15) is 22.5 Å². The zero-order chi connectivity index (χ0) is 31.9. The van der Waals surface area contributed by atoms with E-state index in [-0.39, 0.29) is 48.0 Å². The monoisotopic (exact) mass is 616 g/mol. The predicted molar refractivity (Wildman–Crippen MR) is 166 cm³/mol. The fraction of sp³-hybridized carbons (Fsp3) is 0.545. The third kappa shape index (κ3) is 8.63. The highest BCUT2D eigenvalue weighted by Gasteiger charge is 2.54. The zero-order valence-electron chi connectivity index (χ0n) is 26.5. The molecule has 10 heteroatoms. The first-order chi connectivity index (χ1) is 20.2. The normalized spacial score (nSPS) is 15.2. The maximum absolute atomic E-state index is 13.9. The summed E-state index contributed by atoms with van der Waals surface area (Å²) in [5.74, 6) is -0.174. The summed E-state index contributed by atoms with van der Waals surface area (Å²) >= 11 is 6.89. The molecule has 3 rings (SSSR count). The fourth-order valence-electron chi connectivity index (χ4n) is 4.76. The Morgan fingerprint density at radius 3 is 2.21 bits per heavy atom. The quantitative estimate of drug-likeness (QED) is 0.179. The van der Waals surface area contributed by atoms with Gasteiger partial charge in [-0.25, -0.2) is 9.59 Å². The van der Waals surface area contributed by atoms with Gasteiger partial charge in [-0.2, -0.15) is 0 Å². The second kappa shape index (κ2) is 14.4. The van der Waals surface area contributed by atoms with Gasteiger partial charge in [-0.3, -0.25) is 4.79 Å². The molecule has 1 aliphatic rings. The van der Waals surface area contributed by atoms with E-state index in [0.29, 0.717) is 30.8 Å². The Hall–Kier alpha value is -3.30. The molecule has 1 N–H and O–H groups in total. The fourth-order valence-corrected chi connectivity index (χ4v) is 5.12. The standard InChI is InChI=1S/C33H45ClN2O7/c1-9-40-26-20-25(28(34)29(41-10-2)27(26)22(4)37)21(3)36(18-19-42-23(5)24-14-12-11-13-15-24)31(39)35-33(16-17-33)30(38)43-32(6,7)8/h11-15,20-21,23H,9-10,16-19H2,1-8H3,(H,35,39)/t21?,23-/m0/s1. The third-order valence-corrected chi connectivity index (χ3v) is 7.58. The van der Waals surface area contributed by atoms with E-state index in [9.17, 15) is 14.4 Å². The number of carbonyl (C=O) groups excluding carboxylic acids is 3. The van der Waals surface area contributed by atoms with Crippen LogP contribution in [-0.4, -0.2) is 60.2 Å². The Labute approximate surface area is 260 Å². The van der Waals surface area contributed by atoms with Crippen LogP contribution in [0.15, 0.2) is 36.4 Å². The molecule has 2 amide bonds. The van der Waals surface area contributed by atoms with Crippen LogP contribution in [0.3, 0.4) is 0 Å². The highest BCUT2D eigenvalue weighted by Crippen LogP contribution is 2.43. The van der Waals surface area contributed by atoms with Gasteiger partial charge < -0.3 is 29.2 Å². The van der Waals surface area contributed by atoms with E-state index in [2.05, 4.69) is 5.32 Å². The number of nitrogens with one attached hydrogen (secondary N) is 1. The number of nitrogens with zero attached hydrogens (tertiary/aromatic N) is 1. The molecule has 2 atom stereocenters. The maximum Gasteiger partial charge on any atom is 0.332 e. The highest BCUT2D eigenvalue weighted by atomic mass is 35.5. The van der Waals surface area contributed by atoms with Crippen molar-refractivity contribution in [3.63, 3.8) is 0 Å². The molecule has 0 radical (unpaired) electrons. The molecule has 1 saturated carbocycles. The van der Waals surface area contributed by atoms with Gasteiger partial charge in [0.15, 0.2) is 11.5 Å². The molecule has 0 aliphatic heterocycles. The number of hydrogen-bond donors (Lipinski definition) is 1. The van der Waals surface area contributed by atoms with Crippen LogP contribution >= 0.6 is 11.6 Å². The topological polar surface area (TPSA) is 103 Å². The Morgan fingerprint density at radius 1 is 1.05 bits per heavy atom. The van der Waals surface area contributed by atoms with Gasteiger partial charge >= 0.3 is 12.0 Å². The van der Waals surface area contributed by atoms with Crippen molar-refractivity contribution in [1.29, 1.82) is 0 Å². The summed E-state index contributed by atoms with van der Waals surface area (Å²) in [7, 11) is 0. The lowest BCUT2D eigenvalue weighted by atomic mass is 10.00. The van der Waals surface area contributed by atoms with Crippen molar-refractivity contribution in [3.8, 4) is 11.5 Å². The van der Waals surface area contributed by atoms with Crippen LogP contribution in [-0.2, 0) is 14.3 Å². The molecule has 1 fully saturated rings. The Morgan fingerprint density at radius 2 is 1.67 bits per heavy atom. The van der Waals surface area contributed by atoms with Crippen LogP contribution in [0.4, 0.5) is 4.79 Å². The number of benzene rings is 2. The summed E-state index contributed by atoms with van der Waals surface area (Å²) in [6, 6.07) is 10.4. The Bertz CT molecular complexity index is 1290. The van der Waals surface area contributed by atoms with Gasteiger partial charge in [0, 0.05) is 12.1 Å². The molecular formula is C33H45ClN2O7. The van der Waals surface area contributed by atoms with E-state index in [1.807, 2.05) is 51.1 Å². The molecule has 43 heavy (non-hydrogen) atoms. The van der Waals surface area contributed by atoms with E-state index < -0.39 is 29.2 Å². The number of urea groups is 1. The second-order valence-electron chi connectivity index (χ2n) is 11.7. The minimum Gasteiger partial charge on any atom is -0.493 e. The molecule has 9 nitrogen and oxygen atoms in total. The van der Waals surface area contributed by atoms with Crippen molar-refractivity contribution in [2.75, 3.05) is 26.4 Å². The van der Waals surface area contributed by atoms with Crippen LogP contribution in [0, 0.1) is 0 Å². The van der Waals surface area contributed by atoms with Crippen LogP contribution in [0.2, 0.25) is 5.02 Å². The summed E-state index contributed by atoms with van der Waals surface area (Å²) in [4.78, 5) is 41.1. The number of hydrogen-bond acceptors (Lipinski definition) is 7. The van der Waals surface area contributed by atoms with E-state index in [0.717, 1.165) is 5.56 Å². The molecule has 236 valence electrons. The maximum atomic E-state index is 13.9. The number of ether oxygens (including phenoxy) is 4. The van der Waals surface area contributed by atoms with Crippen molar-refractivity contribution in [2.24, 2.45) is 0 Å². The number of halogens is 1. The van der Waals surface area contributed by atoms with Crippen molar-refractivity contribution < 1.29 is 33.3 Å². The predicted octanol–water partition coefficient (Wildman–Crippen LogP) is 7.06. The molecule has 1 unspecified atom stereocenters. The van der Waals surface area contributed by atoms with Gasteiger partial charge in [-0.15, -0.1) is 0 Å². The molecular weight excluding hydrogens is 572 g/mol. The lowest BCUT2D eigenvalue weighted by Gasteiger charge is -2.33. The molecule has 2 aromatic carbocycles. The number of Topliss-reactive ketones (excluding diaryl/α,β-unsaturated/α-hetero) is 1. The number of amides is 2. The van der Waals surface area contributed by atoms with Crippen LogP contribution in [0.5, 0.6) is 11.5 Å². The number of ketones is 1. The van der Waals surface area contributed by atoms with E-state index in [1.165, 1.54) is 6.92 Å². The minimum absolute atomic E-state index is 0.188. The summed E-state index contributed by atoms with van der Waals surface area (Å²) in [6.45, 7) is 15.2. The van der Waals surface area contributed by atoms with Crippen LogP contribution in [0.25, 0.3) is 0 Å². The van der Waals surface area contributed by atoms with E-state index in [4.69, 9.17) is 30.5 Å². The number of carbonyl (C=O) groups is 3. The Kier molecular flexibility index (Phi) is 11.5. The van der Waals surface area contributed by atoms with Gasteiger partial charge in [-0.1, -0.05) is 41.9 Å². The largest absolute Gasteiger partial charge is 0.493 e. The first-order valence-electron chi connectivity index (χ1n) is 14.9. The number of esters is 1. The third-order valence-electron chi connectivity index (χ3n) is 7.19. The summed E-state index contributed by atoms with van der Waals surface area (Å²) in [5.41, 5.74) is 0.0206. The second-order valence-corrected chi connectivity index (χ2v) is 12.1. The van der Waals surface area contributed by atoms with Crippen LogP contribution in [0.1, 0.15) is 102 Å². The van der Waals surface area contributed by atoms with Crippen molar-refractivity contribution in [3.05, 3.63) is 58.1 Å². The molecule has 1 aliphatic carbocycles. The first-order valence-corrected chi connectivity index (χ1v) is 15.2. The zero-order valence-corrected chi connectivity index (χ0v) is 27.3. The molecule has 0 saturated heterocycles. The molecule has 2 aromatic rings. The lowest BCUT2D eigenvalue weighted by Crippen LogP contribution is -2.52. The highest BCUT2D eigenvalue weighted by molar-refractivity contribution is 6.33. The molecule has 0 heterocycles. The smallest absolute Gasteiger partial charge is 0.332 e. The lowest BCUT2D eigenvalue weighted by molar-refractivity contribution is -0.158. The Balaban J connectivity index is 1.96. The van der Waals surface area contributed by atoms with Crippen molar-refractivity contribution in [1.82, 2.24) is 10.2 Å². The van der Waals surface area contributed by atoms with Gasteiger partial charge in [0.25, 0.3) is 0 Å². The van der Waals surface area contributed by atoms with Crippen LogP contribution < -0.4 is 14.8 Å². The van der Waals surface area contributed by atoms with Gasteiger partial charge in [-0.05, 0) is 79.9 Å². The average Bonchev–Trinajstić information content (AvgIpc) is 3.72. The summed E-state index contributed by atoms with van der Waals surface area (Å²) < 4.78 is 23.4. The van der Waals surface area contributed by atoms with Gasteiger partial charge in [0.2, 0.25) is 0 Å².